The van der Waals surface area contributed by atoms with E-state index in [1.807, 2.05) is 17.1 Å². The molecular weight excluding hydrogens is 152 g/mol. The molecule has 0 atom stereocenters. The van der Waals surface area contributed by atoms with E-state index in [-0.39, 0.29) is 0 Å². The van der Waals surface area contributed by atoms with Crippen molar-refractivity contribution in [2.75, 3.05) is 18.0 Å². The Hall–Kier alpha value is -1.58. The highest BCUT2D eigenvalue weighted by Gasteiger charge is 2.03. The topological polar surface area (TPSA) is 44.8 Å². The molecule has 0 amide bonds. The second-order valence-corrected chi connectivity index (χ2v) is 2.31. The normalized spacial score (nSPS) is 9.33. The molecule has 0 aliphatic rings. The highest BCUT2D eigenvalue weighted by atomic mass is 15.4. The average molecular weight is 164 g/mol. The summed E-state index contributed by atoms with van der Waals surface area (Å²) in [7, 11) is 0. The van der Waals surface area contributed by atoms with Crippen molar-refractivity contribution in [1.29, 1.82) is 0 Å². The summed E-state index contributed by atoms with van der Waals surface area (Å²) in [5.41, 5.74) is 0. The third-order valence-corrected chi connectivity index (χ3v) is 1.43. The van der Waals surface area contributed by atoms with Crippen molar-refractivity contribution in [2.45, 2.75) is 0 Å². The van der Waals surface area contributed by atoms with E-state index in [2.05, 4.69) is 28.6 Å². The van der Waals surface area contributed by atoms with E-state index >= 15 is 0 Å². The molecule has 1 aromatic heterocycles. The molecule has 0 spiro atoms. The van der Waals surface area contributed by atoms with E-state index in [9.17, 15) is 0 Å². The Balaban J connectivity index is 2.65. The number of hydrogen-bond donors (Lipinski definition) is 1. The lowest BCUT2D eigenvalue weighted by molar-refractivity contribution is 0.890. The molecule has 0 radical (unpaired) electrons. The van der Waals surface area contributed by atoms with Crippen molar-refractivity contribution in [3.63, 3.8) is 0 Å². The molecule has 0 aliphatic carbocycles. The van der Waals surface area contributed by atoms with Gasteiger partial charge in [0.25, 0.3) is 0 Å². The fourth-order valence-electron chi connectivity index (χ4n) is 0.921. The number of nitrogens with zero attached hydrogens (tertiary/aromatic N) is 3. The molecule has 12 heavy (non-hydrogen) atoms. The van der Waals surface area contributed by atoms with E-state index in [4.69, 9.17) is 0 Å². The van der Waals surface area contributed by atoms with Gasteiger partial charge in [0.15, 0.2) is 5.82 Å². The van der Waals surface area contributed by atoms with E-state index in [0.717, 1.165) is 18.9 Å². The van der Waals surface area contributed by atoms with Crippen LogP contribution >= 0.6 is 0 Å². The second-order valence-electron chi connectivity index (χ2n) is 2.31. The summed E-state index contributed by atoms with van der Waals surface area (Å²) in [5.74, 6) is 0.815. The number of aromatic nitrogens is 3. The van der Waals surface area contributed by atoms with Gasteiger partial charge in [-0.15, -0.1) is 18.3 Å². The van der Waals surface area contributed by atoms with Gasteiger partial charge < -0.3 is 4.90 Å². The fraction of sp³-hybridized carbons (Fsp3) is 0.250. The number of nitrogens with one attached hydrogen (secondary N) is 1. The molecule has 0 bridgehead atoms. The van der Waals surface area contributed by atoms with Gasteiger partial charge in [-0.25, -0.2) is 0 Å². The zero-order chi connectivity index (χ0) is 8.81. The van der Waals surface area contributed by atoms with Crippen LogP contribution < -0.4 is 4.90 Å². The van der Waals surface area contributed by atoms with Gasteiger partial charge in [0.05, 0.1) is 6.20 Å². The maximum Gasteiger partial charge on any atom is 0.171 e. The van der Waals surface area contributed by atoms with Crippen LogP contribution in [0.3, 0.4) is 0 Å². The maximum atomic E-state index is 3.95. The van der Waals surface area contributed by atoms with E-state index in [0.29, 0.717) is 0 Å². The summed E-state index contributed by atoms with van der Waals surface area (Å²) in [5, 5.41) is 10.2. The first-order valence-corrected chi connectivity index (χ1v) is 3.71. The lowest BCUT2D eigenvalue weighted by atomic mass is 10.4. The Morgan fingerprint density at radius 1 is 1.42 bits per heavy atom. The summed E-state index contributed by atoms with van der Waals surface area (Å²) >= 11 is 0. The summed E-state index contributed by atoms with van der Waals surface area (Å²) in [6.45, 7) is 8.81. The fourth-order valence-corrected chi connectivity index (χ4v) is 0.921. The summed E-state index contributed by atoms with van der Waals surface area (Å²) < 4.78 is 0. The van der Waals surface area contributed by atoms with Crippen LogP contribution in [0.2, 0.25) is 0 Å². The standard InChI is InChI=1S/C8H12N4/c1-3-5-12(6-4-2)8-7-9-11-10-8/h3-4,7H,1-2,5-6H2,(H,9,10,11). The minimum absolute atomic E-state index is 0.749. The third-order valence-electron chi connectivity index (χ3n) is 1.43. The van der Waals surface area contributed by atoms with Gasteiger partial charge in [-0.3, -0.25) is 0 Å². The smallest absolute Gasteiger partial charge is 0.171 e. The highest BCUT2D eigenvalue weighted by molar-refractivity contribution is 5.35. The van der Waals surface area contributed by atoms with Gasteiger partial charge in [0, 0.05) is 13.1 Å². The molecular formula is C8H12N4. The molecule has 4 nitrogen and oxygen atoms in total. The van der Waals surface area contributed by atoms with E-state index in [1.54, 1.807) is 6.20 Å². The minimum Gasteiger partial charge on any atom is -0.346 e. The summed E-state index contributed by atoms with van der Waals surface area (Å²) in [4.78, 5) is 2.00. The Morgan fingerprint density at radius 3 is 2.50 bits per heavy atom. The molecule has 0 saturated carbocycles. The minimum atomic E-state index is 0.749. The summed E-state index contributed by atoms with van der Waals surface area (Å²) in [6.07, 6.45) is 5.31. The molecule has 1 heterocycles. The predicted molar refractivity (Wildman–Crippen MR) is 49.0 cm³/mol. The van der Waals surface area contributed by atoms with Gasteiger partial charge in [0.2, 0.25) is 0 Å². The molecule has 0 saturated heterocycles. The molecule has 1 aromatic rings. The molecule has 0 aromatic carbocycles. The van der Waals surface area contributed by atoms with Gasteiger partial charge in [0.1, 0.15) is 0 Å². The largest absolute Gasteiger partial charge is 0.346 e. The van der Waals surface area contributed by atoms with Gasteiger partial charge in [-0.05, 0) is 0 Å². The van der Waals surface area contributed by atoms with Crippen LogP contribution in [-0.4, -0.2) is 28.5 Å². The Labute approximate surface area is 71.6 Å². The molecule has 0 fully saturated rings. The zero-order valence-corrected chi connectivity index (χ0v) is 6.90. The molecule has 1 rings (SSSR count). The Bertz CT molecular complexity index is 230. The Morgan fingerprint density at radius 2 is 2.08 bits per heavy atom. The summed E-state index contributed by atoms with van der Waals surface area (Å²) in [6, 6.07) is 0. The van der Waals surface area contributed by atoms with Crippen molar-refractivity contribution < 1.29 is 0 Å². The van der Waals surface area contributed by atoms with Crippen molar-refractivity contribution in [2.24, 2.45) is 0 Å². The van der Waals surface area contributed by atoms with E-state index < -0.39 is 0 Å². The van der Waals surface area contributed by atoms with Crippen LogP contribution in [0.15, 0.2) is 31.5 Å². The number of hydrogen-bond acceptors (Lipinski definition) is 3. The van der Waals surface area contributed by atoms with Crippen LogP contribution in [-0.2, 0) is 0 Å². The van der Waals surface area contributed by atoms with Gasteiger partial charge >= 0.3 is 0 Å². The average Bonchev–Trinajstić information content (AvgIpc) is 2.56. The second kappa shape index (κ2) is 4.33. The van der Waals surface area contributed by atoms with Crippen molar-refractivity contribution in [3.05, 3.63) is 31.5 Å². The quantitative estimate of drug-likeness (QED) is 0.660. The lowest BCUT2D eigenvalue weighted by Gasteiger charge is -2.16. The lowest BCUT2D eigenvalue weighted by Crippen LogP contribution is -2.23. The molecule has 1 N–H and O–H groups in total. The monoisotopic (exact) mass is 164 g/mol. The molecule has 0 unspecified atom stereocenters. The van der Waals surface area contributed by atoms with Crippen molar-refractivity contribution >= 4 is 5.82 Å². The van der Waals surface area contributed by atoms with Crippen LogP contribution in [0.4, 0.5) is 5.82 Å². The van der Waals surface area contributed by atoms with Crippen LogP contribution in [0.25, 0.3) is 0 Å². The highest BCUT2D eigenvalue weighted by Crippen LogP contribution is 2.05. The third kappa shape index (κ3) is 1.95. The van der Waals surface area contributed by atoms with Crippen molar-refractivity contribution in [1.82, 2.24) is 15.4 Å². The first-order chi connectivity index (χ1) is 5.88. The number of H-pyrrole nitrogens is 1. The maximum absolute atomic E-state index is 3.95. The number of aromatic amines is 1. The van der Waals surface area contributed by atoms with Gasteiger partial charge in [-0.2, -0.15) is 10.3 Å². The SMILES string of the molecule is C=CCN(CC=C)c1cn[nH]n1. The van der Waals surface area contributed by atoms with Crippen LogP contribution in [0.5, 0.6) is 0 Å². The predicted octanol–water partition coefficient (Wildman–Crippen LogP) is 0.983. The Kier molecular flexibility index (Phi) is 3.07. The molecule has 4 heteroatoms. The number of anilines is 1. The number of rotatable bonds is 5. The van der Waals surface area contributed by atoms with Crippen LogP contribution in [0.1, 0.15) is 0 Å². The first kappa shape index (κ1) is 8.52. The van der Waals surface area contributed by atoms with Gasteiger partial charge in [-0.1, -0.05) is 12.2 Å². The van der Waals surface area contributed by atoms with Crippen molar-refractivity contribution in [3.8, 4) is 0 Å². The zero-order valence-electron chi connectivity index (χ0n) is 6.90. The van der Waals surface area contributed by atoms with Crippen LogP contribution in [0, 0.1) is 0 Å². The van der Waals surface area contributed by atoms with E-state index in [1.165, 1.54) is 0 Å². The molecule has 64 valence electrons. The molecule has 0 aliphatic heterocycles. The first-order valence-electron chi connectivity index (χ1n) is 3.71.